The van der Waals surface area contributed by atoms with E-state index in [1.54, 1.807) is 0 Å². The Labute approximate surface area is 143 Å². The van der Waals surface area contributed by atoms with Gasteiger partial charge in [0.05, 0.1) is 5.69 Å². The number of amides is 1. The Balaban J connectivity index is 1.53. The number of benzene rings is 1. The van der Waals surface area contributed by atoms with Crippen LogP contribution < -0.4 is 0 Å². The van der Waals surface area contributed by atoms with Crippen molar-refractivity contribution in [2.24, 2.45) is 7.05 Å². The second kappa shape index (κ2) is 6.08. The first-order valence-electron chi connectivity index (χ1n) is 9.03. The molecule has 1 saturated heterocycles. The van der Waals surface area contributed by atoms with Gasteiger partial charge in [0, 0.05) is 37.8 Å². The zero-order valence-corrected chi connectivity index (χ0v) is 14.6. The van der Waals surface area contributed by atoms with Gasteiger partial charge in [-0.05, 0) is 62.3 Å². The van der Waals surface area contributed by atoms with E-state index in [-0.39, 0.29) is 5.91 Å². The van der Waals surface area contributed by atoms with Crippen molar-refractivity contribution in [1.29, 1.82) is 0 Å². The molecule has 1 aromatic heterocycles. The van der Waals surface area contributed by atoms with Gasteiger partial charge in [-0.15, -0.1) is 0 Å². The quantitative estimate of drug-likeness (QED) is 0.851. The molecule has 1 aliphatic heterocycles. The first-order valence-corrected chi connectivity index (χ1v) is 9.03. The summed E-state index contributed by atoms with van der Waals surface area (Å²) in [5.74, 6) is 1.63. The van der Waals surface area contributed by atoms with Gasteiger partial charge < -0.3 is 9.47 Å². The second-order valence-electron chi connectivity index (χ2n) is 7.28. The third-order valence-electron chi connectivity index (χ3n) is 5.45. The Hall–Kier alpha value is -2.10. The maximum absolute atomic E-state index is 13.0. The highest BCUT2D eigenvalue weighted by molar-refractivity contribution is 5.94. The summed E-state index contributed by atoms with van der Waals surface area (Å²) < 4.78 is 2.11. The monoisotopic (exact) mass is 323 g/mol. The summed E-state index contributed by atoms with van der Waals surface area (Å²) in [6, 6.07) is 6.29. The third-order valence-corrected chi connectivity index (χ3v) is 5.45. The van der Waals surface area contributed by atoms with E-state index < -0.39 is 0 Å². The fourth-order valence-corrected chi connectivity index (χ4v) is 4.27. The van der Waals surface area contributed by atoms with Gasteiger partial charge in [-0.1, -0.05) is 6.07 Å². The molecule has 2 heterocycles. The van der Waals surface area contributed by atoms with E-state index in [0.717, 1.165) is 55.9 Å². The van der Waals surface area contributed by atoms with Crippen molar-refractivity contribution in [3.05, 3.63) is 52.6 Å². The fraction of sp³-hybridized carbons (Fsp3) is 0.500. The largest absolute Gasteiger partial charge is 0.338 e. The Bertz CT molecular complexity index is 777. The lowest BCUT2D eigenvalue weighted by Crippen LogP contribution is -2.39. The van der Waals surface area contributed by atoms with E-state index >= 15 is 0 Å². The number of aromatic nitrogens is 2. The van der Waals surface area contributed by atoms with E-state index in [4.69, 9.17) is 0 Å². The zero-order valence-electron chi connectivity index (χ0n) is 14.6. The molecule has 1 fully saturated rings. The minimum absolute atomic E-state index is 0.181. The van der Waals surface area contributed by atoms with E-state index in [1.165, 1.54) is 17.5 Å². The van der Waals surface area contributed by atoms with Gasteiger partial charge in [-0.25, -0.2) is 4.98 Å². The van der Waals surface area contributed by atoms with Crippen LogP contribution in [0.15, 0.2) is 24.4 Å². The first-order chi connectivity index (χ1) is 11.6. The zero-order chi connectivity index (χ0) is 16.7. The van der Waals surface area contributed by atoms with Crippen LogP contribution in [0.5, 0.6) is 0 Å². The average molecular weight is 323 g/mol. The molecule has 1 aliphatic carbocycles. The van der Waals surface area contributed by atoms with E-state index in [1.807, 2.05) is 17.9 Å². The highest BCUT2D eigenvalue weighted by Gasteiger charge is 2.28. The van der Waals surface area contributed by atoms with Gasteiger partial charge in [0.2, 0.25) is 0 Å². The lowest BCUT2D eigenvalue weighted by Gasteiger charge is -2.32. The summed E-state index contributed by atoms with van der Waals surface area (Å²) in [5, 5.41) is 0. The normalized spacial score (nSPS) is 20.2. The number of fused-ring (bicyclic) bond motifs is 1. The van der Waals surface area contributed by atoms with Crippen molar-refractivity contribution in [3.63, 3.8) is 0 Å². The Morgan fingerprint density at radius 1 is 1.21 bits per heavy atom. The Morgan fingerprint density at radius 2 is 2.04 bits per heavy atom. The molecule has 2 aromatic rings. The van der Waals surface area contributed by atoms with Crippen LogP contribution in [0, 0.1) is 6.92 Å². The molecule has 0 spiro atoms. The molecule has 0 bridgehead atoms. The van der Waals surface area contributed by atoms with Crippen molar-refractivity contribution in [2.45, 2.75) is 44.9 Å². The molecule has 126 valence electrons. The van der Waals surface area contributed by atoms with Crippen molar-refractivity contribution < 1.29 is 4.79 Å². The molecule has 1 aromatic carbocycles. The molecule has 4 nitrogen and oxygen atoms in total. The second-order valence-corrected chi connectivity index (χ2v) is 7.28. The number of piperidine rings is 1. The van der Waals surface area contributed by atoms with Gasteiger partial charge >= 0.3 is 0 Å². The number of carbonyl (C=O) groups is 1. The molecular weight excluding hydrogens is 298 g/mol. The van der Waals surface area contributed by atoms with Crippen LogP contribution in [0.4, 0.5) is 0 Å². The van der Waals surface area contributed by atoms with Crippen LogP contribution >= 0.6 is 0 Å². The Kier molecular flexibility index (Phi) is 3.91. The molecular formula is C20H25N3O. The van der Waals surface area contributed by atoms with Crippen LogP contribution in [-0.4, -0.2) is 33.4 Å². The minimum atomic E-state index is 0.181. The number of hydrogen-bond donors (Lipinski definition) is 0. The number of rotatable bonds is 2. The summed E-state index contributed by atoms with van der Waals surface area (Å²) in [7, 11) is 2.05. The number of carbonyl (C=O) groups excluding carboxylic acids is 1. The number of aryl methyl sites for hydroxylation is 4. The smallest absolute Gasteiger partial charge is 0.253 e. The summed E-state index contributed by atoms with van der Waals surface area (Å²) in [6.07, 6.45) is 7.72. The third kappa shape index (κ3) is 2.74. The van der Waals surface area contributed by atoms with Gasteiger partial charge in [0.15, 0.2) is 0 Å². The molecule has 1 amide bonds. The topological polar surface area (TPSA) is 38.1 Å². The van der Waals surface area contributed by atoms with E-state index in [2.05, 4.69) is 34.9 Å². The molecule has 0 N–H and O–H groups in total. The molecule has 2 aliphatic rings. The van der Waals surface area contributed by atoms with Crippen LogP contribution in [0.2, 0.25) is 0 Å². The highest BCUT2D eigenvalue weighted by Crippen LogP contribution is 2.28. The van der Waals surface area contributed by atoms with Crippen LogP contribution in [0.25, 0.3) is 0 Å². The maximum atomic E-state index is 13.0. The maximum Gasteiger partial charge on any atom is 0.253 e. The average Bonchev–Trinajstić information content (AvgIpc) is 3.19. The Morgan fingerprint density at radius 3 is 2.83 bits per heavy atom. The standard InChI is InChI=1S/C20H25N3O/c1-14-12-22(2)19(21-14)18-7-4-10-23(13-18)20(24)17-9-8-15-5-3-6-16(15)11-17/h8-9,11-12,18H,3-7,10,13H2,1-2H3/t18-/m0/s1. The highest BCUT2D eigenvalue weighted by atomic mass is 16.2. The molecule has 4 heteroatoms. The number of nitrogens with zero attached hydrogens (tertiary/aromatic N) is 3. The summed E-state index contributed by atoms with van der Waals surface area (Å²) in [6.45, 7) is 3.66. The number of hydrogen-bond acceptors (Lipinski definition) is 2. The first kappa shape index (κ1) is 15.4. The molecule has 0 radical (unpaired) electrons. The minimum Gasteiger partial charge on any atom is -0.338 e. The molecule has 1 atom stereocenters. The predicted molar refractivity (Wildman–Crippen MR) is 94.3 cm³/mol. The summed E-state index contributed by atoms with van der Waals surface area (Å²) >= 11 is 0. The molecule has 0 unspecified atom stereocenters. The van der Waals surface area contributed by atoms with E-state index in [9.17, 15) is 4.79 Å². The van der Waals surface area contributed by atoms with Crippen LogP contribution in [-0.2, 0) is 19.9 Å². The van der Waals surface area contributed by atoms with Crippen molar-refractivity contribution >= 4 is 5.91 Å². The lowest BCUT2D eigenvalue weighted by molar-refractivity contribution is 0.0703. The number of imidazole rings is 1. The van der Waals surface area contributed by atoms with Crippen molar-refractivity contribution in [1.82, 2.24) is 14.5 Å². The van der Waals surface area contributed by atoms with Gasteiger partial charge in [0.25, 0.3) is 5.91 Å². The van der Waals surface area contributed by atoms with Crippen LogP contribution in [0.1, 0.15) is 58.2 Å². The van der Waals surface area contributed by atoms with Gasteiger partial charge in [0.1, 0.15) is 5.82 Å². The summed E-state index contributed by atoms with van der Waals surface area (Å²) in [5.41, 5.74) is 4.70. The van der Waals surface area contributed by atoms with Crippen molar-refractivity contribution in [3.8, 4) is 0 Å². The van der Waals surface area contributed by atoms with E-state index in [0.29, 0.717) is 5.92 Å². The van der Waals surface area contributed by atoms with Crippen LogP contribution in [0.3, 0.4) is 0 Å². The molecule has 24 heavy (non-hydrogen) atoms. The molecule has 4 rings (SSSR count). The fourth-order valence-electron chi connectivity index (χ4n) is 4.27. The summed E-state index contributed by atoms with van der Waals surface area (Å²) in [4.78, 5) is 19.7. The van der Waals surface area contributed by atoms with Crippen molar-refractivity contribution in [2.75, 3.05) is 13.1 Å². The number of likely N-dealkylation sites (tertiary alicyclic amines) is 1. The van der Waals surface area contributed by atoms with Gasteiger partial charge in [-0.3, -0.25) is 4.79 Å². The lowest BCUT2D eigenvalue weighted by atomic mass is 9.96. The SMILES string of the molecule is Cc1cn(C)c([C@H]2CCCN(C(=O)c3ccc4c(c3)CCC4)C2)n1. The predicted octanol–water partition coefficient (Wildman–Crippen LogP) is 3.24. The molecule has 0 saturated carbocycles. The van der Waals surface area contributed by atoms with Gasteiger partial charge in [-0.2, -0.15) is 0 Å².